The Morgan fingerprint density at radius 2 is 1.58 bits per heavy atom. The molecule has 6 rings (SSSR count). The Hall–Kier alpha value is -0.530. The van der Waals surface area contributed by atoms with E-state index in [0.717, 1.165) is 24.2 Å². The highest BCUT2D eigenvalue weighted by molar-refractivity contribution is 5.75. The van der Waals surface area contributed by atoms with Crippen molar-refractivity contribution in [1.82, 2.24) is 0 Å². The zero-order valence-electron chi connectivity index (χ0n) is 15.0. The minimum absolute atomic E-state index is 0.199. The maximum absolute atomic E-state index is 12.8. The molecule has 132 valence electrons. The minimum Gasteiger partial charge on any atom is -0.461 e. The van der Waals surface area contributed by atoms with E-state index in [1.807, 2.05) is 0 Å². The van der Waals surface area contributed by atoms with Crippen molar-refractivity contribution in [2.75, 3.05) is 0 Å². The van der Waals surface area contributed by atoms with Crippen LogP contribution in [-0.2, 0) is 9.53 Å². The predicted molar refractivity (Wildman–Crippen MR) is 92.2 cm³/mol. The number of rotatable bonds is 2. The Morgan fingerprint density at radius 3 is 2.29 bits per heavy atom. The van der Waals surface area contributed by atoms with Crippen molar-refractivity contribution in [3.8, 4) is 0 Å². The van der Waals surface area contributed by atoms with Gasteiger partial charge in [-0.3, -0.25) is 4.79 Å². The summed E-state index contributed by atoms with van der Waals surface area (Å²) in [5, 5.41) is 0. The lowest BCUT2D eigenvalue weighted by atomic mass is 9.73. The molecule has 0 aromatic carbocycles. The maximum atomic E-state index is 12.8. The van der Waals surface area contributed by atoms with Gasteiger partial charge in [0.05, 0.1) is 5.92 Å². The molecule has 1 heterocycles. The topological polar surface area (TPSA) is 26.3 Å². The fourth-order valence-electron chi connectivity index (χ4n) is 7.94. The van der Waals surface area contributed by atoms with Crippen LogP contribution >= 0.6 is 0 Å². The standard InChI is InChI=1S/C22H32O2/c23-20-16(13-14-3-1-2-4-14)15-5-7-21(9-10-21)17-6-8-22(11-12-22)18(17)19(15)24-20/h14-19H,1-13H2/t15-,16-,17+,18-,19-/m0/s1. The highest BCUT2D eigenvalue weighted by Crippen LogP contribution is 2.75. The molecule has 0 bridgehead atoms. The second-order valence-electron chi connectivity index (χ2n) is 10.5. The normalized spacial score (nSPS) is 47.5. The van der Waals surface area contributed by atoms with Crippen LogP contribution in [0, 0.1) is 40.4 Å². The second-order valence-corrected chi connectivity index (χ2v) is 10.5. The van der Waals surface area contributed by atoms with Gasteiger partial charge in [0, 0.05) is 11.8 Å². The molecule has 6 fully saturated rings. The van der Waals surface area contributed by atoms with Crippen LogP contribution in [0.15, 0.2) is 0 Å². The lowest BCUT2D eigenvalue weighted by Gasteiger charge is -2.33. The van der Waals surface area contributed by atoms with Gasteiger partial charge in [0.2, 0.25) is 0 Å². The molecule has 24 heavy (non-hydrogen) atoms. The number of carbonyl (C=O) groups is 1. The molecule has 2 spiro atoms. The van der Waals surface area contributed by atoms with E-state index in [-0.39, 0.29) is 11.9 Å². The van der Waals surface area contributed by atoms with Crippen LogP contribution < -0.4 is 0 Å². The molecule has 1 aliphatic heterocycles. The van der Waals surface area contributed by atoms with Gasteiger partial charge in [0.1, 0.15) is 6.10 Å². The van der Waals surface area contributed by atoms with Gasteiger partial charge < -0.3 is 4.74 Å². The van der Waals surface area contributed by atoms with Crippen LogP contribution in [0.3, 0.4) is 0 Å². The van der Waals surface area contributed by atoms with Gasteiger partial charge in [-0.25, -0.2) is 0 Å². The summed E-state index contributed by atoms with van der Waals surface area (Å²) in [4.78, 5) is 12.8. The van der Waals surface area contributed by atoms with Crippen molar-refractivity contribution in [1.29, 1.82) is 0 Å². The molecule has 5 aliphatic carbocycles. The van der Waals surface area contributed by atoms with Gasteiger partial charge in [-0.1, -0.05) is 25.7 Å². The van der Waals surface area contributed by atoms with Crippen LogP contribution in [0.4, 0.5) is 0 Å². The molecule has 0 radical (unpaired) electrons. The van der Waals surface area contributed by atoms with E-state index < -0.39 is 0 Å². The molecule has 0 N–H and O–H groups in total. The second kappa shape index (κ2) is 4.80. The monoisotopic (exact) mass is 328 g/mol. The van der Waals surface area contributed by atoms with E-state index in [9.17, 15) is 4.79 Å². The van der Waals surface area contributed by atoms with Crippen LogP contribution in [0.5, 0.6) is 0 Å². The first-order valence-electron chi connectivity index (χ1n) is 10.9. The molecule has 2 nitrogen and oxygen atoms in total. The van der Waals surface area contributed by atoms with Crippen molar-refractivity contribution in [3.63, 3.8) is 0 Å². The third kappa shape index (κ3) is 1.92. The van der Waals surface area contributed by atoms with E-state index in [1.54, 1.807) is 0 Å². The van der Waals surface area contributed by atoms with Crippen molar-refractivity contribution >= 4 is 5.97 Å². The van der Waals surface area contributed by atoms with Gasteiger partial charge in [-0.2, -0.15) is 0 Å². The summed E-state index contributed by atoms with van der Waals surface area (Å²) >= 11 is 0. The van der Waals surface area contributed by atoms with Crippen LogP contribution in [-0.4, -0.2) is 12.1 Å². The van der Waals surface area contributed by atoms with Crippen molar-refractivity contribution in [2.45, 2.75) is 89.6 Å². The molecule has 5 atom stereocenters. The lowest BCUT2D eigenvalue weighted by molar-refractivity contribution is -0.148. The van der Waals surface area contributed by atoms with E-state index in [2.05, 4.69) is 0 Å². The van der Waals surface area contributed by atoms with Gasteiger partial charge in [-0.05, 0) is 80.5 Å². The summed E-state index contributed by atoms with van der Waals surface area (Å²) in [6.07, 6.45) is 18.3. The van der Waals surface area contributed by atoms with E-state index in [4.69, 9.17) is 4.74 Å². The van der Waals surface area contributed by atoms with Gasteiger partial charge in [0.25, 0.3) is 0 Å². The van der Waals surface area contributed by atoms with Gasteiger partial charge >= 0.3 is 5.97 Å². The highest BCUT2D eigenvalue weighted by atomic mass is 16.6. The summed E-state index contributed by atoms with van der Waals surface area (Å²) < 4.78 is 6.24. The van der Waals surface area contributed by atoms with Gasteiger partial charge in [-0.15, -0.1) is 0 Å². The Morgan fingerprint density at radius 1 is 0.875 bits per heavy atom. The fraction of sp³-hybridized carbons (Fsp3) is 0.955. The van der Waals surface area contributed by atoms with Crippen LogP contribution in [0.1, 0.15) is 83.5 Å². The summed E-state index contributed by atoms with van der Waals surface area (Å²) in [5.74, 6) is 3.47. The Labute approximate surface area is 146 Å². The minimum atomic E-state index is 0.199. The molecule has 2 heteroatoms. The van der Waals surface area contributed by atoms with E-state index in [1.165, 1.54) is 77.0 Å². The quantitative estimate of drug-likeness (QED) is 0.659. The smallest absolute Gasteiger partial charge is 0.309 e. The van der Waals surface area contributed by atoms with E-state index in [0.29, 0.717) is 22.9 Å². The molecule has 0 unspecified atom stereocenters. The Kier molecular flexibility index (Phi) is 2.92. The fourth-order valence-corrected chi connectivity index (χ4v) is 7.94. The molecule has 0 aromatic heterocycles. The summed E-state index contributed by atoms with van der Waals surface area (Å²) in [5.41, 5.74) is 1.29. The van der Waals surface area contributed by atoms with Crippen molar-refractivity contribution in [3.05, 3.63) is 0 Å². The SMILES string of the molecule is O=C1O[C@H]2[C@@H](CCC3(CC3)[C@@H]3CCC4(CC4)[C@H]23)[C@@H]1CC1CCCC1. The number of hydrogen-bond donors (Lipinski definition) is 0. The van der Waals surface area contributed by atoms with Crippen LogP contribution in [0.2, 0.25) is 0 Å². The zero-order chi connectivity index (χ0) is 15.9. The average molecular weight is 328 g/mol. The average Bonchev–Trinajstić information content (AvgIpc) is 3.39. The third-order valence-electron chi connectivity index (χ3n) is 9.55. The lowest BCUT2D eigenvalue weighted by Crippen LogP contribution is -2.35. The molecule has 5 saturated carbocycles. The molecular weight excluding hydrogens is 296 g/mol. The number of hydrogen-bond acceptors (Lipinski definition) is 2. The number of ether oxygens (including phenoxy) is 1. The first kappa shape index (κ1) is 14.6. The molecule has 1 saturated heterocycles. The third-order valence-corrected chi connectivity index (χ3v) is 9.55. The largest absolute Gasteiger partial charge is 0.461 e. The Bertz CT molecular complexity index is 552. The van der Waals surface area contributed by atoms with Gasteiger partial charge in [0.15, 0.2) is 0 Å². The number of fused-ring (bicyclic) bond motifs is 5. The molecule has 6 aliphatic rings. The first-order chi connectivity index (χ1) is 11.7. The number of esters is 1. The molecular formula is C22H32O2. The summed E-state index contributed by atoms with van der Waals surface area (Å²) in [6, 6.07) is 0. The summed E-state index contributed by atoms with van der Waals surface area (Å²) in [7, 11) is 0. The van der Waals surface area contributed by atoms with Crippen molar-refractivity contribution < 1.29 is 9.53 Å². The molecule has 0 aromatic rings. The van der Waals surface area contributed by atoms with Crippen molar-refractivity contribution in [2.24, 2.45) is 40.4 Å². The zero-order valence-corrected chi connectivity index (χ0v) is 15.0. The van der Waals surface area contributed by atoms with Crippen LogP contribution in [0.25, 0.3) is 0 Å². The van der Waals surface area contributed by atoms with E-state index >= 15 is 0 Å². The highest BCUT2D eigenvalue weighted by Gasteiger charge is 2.69. The number of carbonyl (C=O) groups excluding carboxylic acids is 1. The summed E-state index contributed by atoms with van der Waals surface area (Å²) in [6.45, 7) is 0. The molecule has 0 amide bonds. The maximum Gasteiger partial charge on any atom is 0.309 e. The first-order valence-corrected chi connectivity index (χ1v) is 10.9. The Balaban J connectivity index is 1.32. The predicted octanol–water partition coefficient (Wildman–Crippen LogP) is 5.10.